The largest absolute Gasteiger partial charge is 0.345 e. The third-order valence-electron chi connectivity index (χ3n) is 5.24. The van der Waals surface area contributed by atoms with Crippen molar-refractivity contribution < 1.29 is 4.79 Å². The van der Waals surface area contributed by atoms with E-state index >= 15 is 0 Å². The molecule has 1 saturated carbocycles. The Morgan fingerprint density at radius 1 is 1.12 bits per heavy atom. The molecule has 0 atom stereocenters. The number of carbonyl (C=O) groups is 1. The summed E-state index contributed by atoms with van der Waals surface area (Å²) in [7, 11) is 0. The second-order valence-electron chi connectivity index (χ2n) is 7.04. The number of amides is 1. The molecule has 3 rings (SSSR count). The van der Waals surface area contributed by atoms with Crippen LogP contribution in [0.15, 0.2) is 22.7 Å². The van der Waals surface area contributed by atoms with Crippen LogP contribution in [0.1, 0.15) is 37.7 Å². The molecule has 2 fully saturated rings. The van der Waals surface area contributed by atoms with Gasteiger partial charge in [-0.25, -0.2) is 0 Å². The molecule has 1 aliphatic heterocycles. The van der Waals surface area contributed by atoms with E-state index < -0.39 is 0 Å². The maximum Gasteiger partial charge on any atom is 0.225 e. The molecule has 1 aliphatic carbocycles. The van der Waals surface area contributed by atoms with Crippen molar-refractivity contribution in [3.63, 3.8) is 0 Å². The highest BCUT2D eigenvalue weighted by Crippen LogP contribution is 2.26. The van der Waals surface area contributed by atoms with Crippen molar-refractivity contribution in [2.75, 3.05) is 31.5 Å². The Morgan fingerprint density at radius 2 is 1.76 bits per heavy atom. The monoisotopic (exact) mass is 423 g/mol. The van der Waals surface area contributed by atoms with Crippen molar-refractivity contribution in [3.8, 4) is 0 Å². The Balaban J connectivity index is 1.50. The first-order valence-electron chi connectivity index (χ1n) is 9.15. The first-order valence-corrected chi connectivity index (χ1v) is 10.4. The molecule has 1 N–H and O–H groups in total. The molecule has 0 bridgehead atoms. The molecule has 6 heteroatoms. The molecule has 2 aliphatic rings. The number of rotatable bonds is 2. The van der Waals surface area contributed by atoms with Crippen molar-refractivity contribution in [3.05, 3.63) is 28.2 Å². The standard InChI is InChI=1S/C19H26BrN3OS/c1-14-13-16(7-8-17(14)20)21-19(25)23-11-9-22(10-12-23)18(24)15-5-3-2-4-6-15/h7-8,13,15H,2-6,9-12H2,1H3,(H,21,25). The zero-order valence-corrected chi connectivity index (χ0v) is 17.2. The topological polar surface area (TPSA) is 35.6 Å². The number of hydrogen-bond donors (Lipinski definition) is 1. The van der Waals surface area contributed by atoms with E-state index in [-0.39, 0.29) is 5.92 Å². The van der Waals surface area contributed by atoms with Crippen molar-refractivity contribution in [1.82, 2.24) is 9.80 Å². The lowest BCUT2D eigenvalue weighted by Crippen LogP contribution is -2.53. The molecule has 1 amide bonds. The van der Waals surface area contributed by atoms with E-state index in [1.54, 1.807) is 0 Å². The summed E-state index contributed by atoms with van der Waals surface area (Å²) >= 11 is 9.08. The van der Waals surface area contributed by atoms with Crippen LogP contribution >= 0.6 is 28.1 Å². The highest BCUT2D eigenvalue weighted by Gasteiger charge is 2.28. The van der Waals surface area contributed by atoms with Crippen LogP contribution in [-0.4, -0.2) is 47.0 Å². The number of halogens is 1. The van der Waals surface area contributed by atoms with Crippen LogP contribution in [0.5, 0.6) is 0 Å². The Hall–Kier alpha value is -1.14. The minimum atomic E-state index is 0.260. The summed E-state index contributed by atoms with van der Waals surface area (Å²) in [5.74, 6) is 0.623. The number of anilines is 1. The van der Waals surface area contributed by atoms with Crippen molar-refractivity contribution in [2.45, 2.75) is 39.0 Å². The Bertz CT molecular complexity index is 638. The Kier molecular flexibility index (Phi) is 6.34. The highest BCUT2D eigenvalue weighted by molar-refractivity contribution is 9.10. The summed E-state index contributed by atoms with van der Waals surface area (Å²) < 4.78 is 1.10. The van der Waals surface area contributed by atoms with Crippen molar-refractivity contribution in [1.29, 1.82) is 0 Å². The SMILES string of the molecule is Cc1cc(NC(=S)N2CCN(C(=O)C3CCCCC3)CC2)ccc1Br. The van der Waals surface area contributed by atoms with Gasteiger partial charge in [-0.1, -0.05) is 35.2 Å². The van der Waals surface area contributed by atoms with Gasteiger partial charge in [0.15, 0.2) is 5.11 Å². The van der Waals surface area contributed by atoms with Gasteiger partial charge in [-0.05, 0) is 55.7 Å². The minimum Gasteiger partial charge on any atom is -0.345 e. The van der Waals surface area contributed by atoms with Gasteiger partial charge >= 0.3 is 0 Å². The van der Waals surface area contributed by atoms with E-state index in [9.17, 15) is 4.79 Å². The summed E-state index contributed by atoms with van der Waals surface area (Å²) in [6.45, 7) is 5.22. The van der Waals surface area contributed by atoms with Gasteiger partial charge < -0.3 is 15.1 Å². The minimum absolute atomic E-state index is 0.260. The van der Waals surface area contributed by atoms with Gasteiger partial charge in [0.25, 0.3) is 0 Å². The molecule has 1 aromatic rings. The fourth-order valence-electron chi connectivity index (χ4n) is 3.66. The molecule has 0 aromatic heterocycles. The van der Waals surface area contributed by atoms with Crippen molar-refractivity contribution in [2.24, 2.45) is 5.92 Å². The third-order valence-corrected chi connectivity index (χ3v) is 6.49. The second-order valence-corrected chi connectivity index (χ2v) is 8.28. The second kappa shape index (κ2) is 8.49. The average Bonchev–Trinajstić information content (AvgIpc) is 2.65. The quantitative estimate of drug-likeness (QED) is 0.723. The third kappa shape index (κ3) is 4.73. The first-order chi connectivity index (χ1) is 12.0. The molecule has 25 heavy (non-hydrogen) atoms. The number of hydrogen-bond acceptors (Lipinski definition) is 2. The van der Waals surface area contributed by atoms with Crippen LogP contribution in [0.3, 0.4) is 0 Å². The van der Waals surface area contributed by atoms with Gasteiger partial charge in [-0.2, -0.15) is 0 Å². The van der Waals surface area contributed by atoms with E-state index in [2.05, 4.69) is 39.1 Å². The lowest BCUT2D eigenvalue weighted by molar-refractivity contribution is -0.137. The first kappa shape index (κ1) is 18.6. The van der Waals surface area contributed by atoms with Gasteiger partial charge in [0.1, 0.15) is 0 Å². The zero-order chi connectivity index (χ0) is 17.8. The van der Waals surface area contributed by atoms with Crippen LogP contribution in [0, 0.1) is 12.8 Å². The molecular formula is C19H26BrN3OS. The van der Waals surface area contributed by atoms with Crippen LogP contribution < -0.4 is 5.32 Å². The number of benzene rings is 1. The molecule has 0 radical (unpaired) electrons. The van der Waals surface area contributed by atoms with Gasteiger partial charge in [0.2, 0.25) is 5.91 Å². The molecule has 0 spiro atoms. The van der Waals surface area contributed by atoms with E-state index in [0.29, 0.717) is 5.91 Å². The van der Waals surface area contributed by atoms with E-state index in [0.717, 1.165) is 54.3 Å². The molecule has 136 valence electrons. The maximum atomic E-state index is 12.6. The summed E-state index contributed by atoms with van der Waals surface area (Å²) in [6.07, 6.45) is 5.84. The highest BCUT2D eigenvalue weighted by atomic mass is 79.9. The van der Waals surface area contributed by atoms with Gasteiger partial charge in [0, 0.05) is 42.3 Å². The van der Waals surface area contributed by atoms with Crippen LogP contribution in [0.4, 0.5) is 5.69 Å². The van der Waals surface area contributed by atoms with Gasteiger partial charge in [0.05, 0.1) is 0 Å². The number of piperazine rings is 1. The fraction of sp³-hybridized carbons (Fsp3) is 0.579. The fourth-order valence-corrected chi connectivity index (χ4v) is 4.21. The summed E-state index contributed by atoms with van der Waals surface area (Å²) in [4.78, 5) is 16.8. The molecule has 4 nitrogen and oxygen atoms in total. The number of nitrogens with zero attached hydrogens (tertiary/aromatic N) is 2. The van der Waals surface area contributed by atoms with Crippen LogP contribution in [0.25, 0.3) is 0 Å². The van der Waals surface area contributed by atoms with Gasteiger partial charge in [-0.3, -0.25) is 4.79 Å². The summed E-state index contributed by atoms with van der Waals surface area (Å²) in [5.41, 5.74) is 2.18. The normalized spacial score (nSPS) is 19.0. The van der Waals surface area contributed by atoms with E-state index in [1.165, 1.54) is 24.8 Å². The lowest BCUT2D eigenvalue weighted by atomic mass is 9.88. The zero-order valence-electron chi connectivity index (χ0n) is 14.8. The number of carbonyl (C=O) groups excluding carboxylic acids is 1. The average molecular weight is 424 g/mol. The Morgan fingerprint density at radius 3 is 2.40 bits per heavy atom. The molecule has 1 saturated heterocycles. The molecule has 1 heterocycles. The number of nitrogens with one attached hydrogen (secondary N) is 1. The molecular weight excluding hydrogens is 398 g/mol. The summed E-state index contributed by atoms with van der Waals surface area (Å²) in [6, 6.07) is 6.13. The summed E-state index contributed by atoms with van der Waals surface area (Å²) in [5, 5.41) is 4.06. The predicted molar refractivity (Wildman–Crippen MR) is 110 cm³/mol. The van der Waals surface area contributed by atoms with E-state index in [4.69, 9.17) is 12.2 Å². The lowest BCUT2D eigenvalue weighted by Gasteiger charge is -2.38. The van der Waals surface area contributed by atoms with Crippen LogP contribution in [-0.2, 0) is 4.79 Å². The predicted octanol–water partition coefficient (Wildman–Crippen LogP) is 4.18. The maximum absolute atomic E-state index is 12.6. The Labute approximate surface area is 164 Å². The van der Waals surface area contributed by atoms with E-state index in [1.807, 2.05) is 17.0 Å². The van der Waals surface area contributed by atoms with Gasteiger partial charge in [-0.15, -0.1) is 0 Å². The number of thiocarbonyl (C=S) groups is 1. The van der Waals surface area contributed by atoms with Crippen LogP contribution in [0.2, 0.25) is 0 Å². The molecule has 0 unspecified atom stereocenters. The smallest absolute Gasteiger partial charge is 0.225 e. The number of aryl methyl sites for hydroxylation is 1. The molecule has 1 aromatic carbocycles. The van der Waals surface area contributed by atoms with Crippen molar-refractivity contribution >= 4 is 44.9 Å².